The molecule has 0 saturated heterocycles. The normalized spacial score (nSPS) is 23.4. The Bertz CT molecular complexity index is 447. The quantitative estimate of drug-likeness (QED) is 0.761. The highest BCUT2D eigenvalue weighted by Crippen LogP contribution is 2.32. The molecule has 2 rings (SSSR count). The van der Waals surface area contributed by atoms with Gasteiger partial charge in [0, 0.05) is 0 Å². The summed E-state index contributed by atoms with van der Waals surface area (Å²) in [5.74, 6) is 1.23. The Morgan fingerprint density at radius 3 is 2.42 bits per heavy atom. The summed E-state index contributed by atoms with van der Waals surface area (Å²) in [6, 6.07) is 10.0. The largest absolute Gasteiger partial charge is 0.216 e. The van der Waals surface area contributed by atoms with Crippen molar-refractivity contribution in [3.05, 3.63) is 47.8 Å². The number of allylic oxidation sites excluding steroid dienone is 1. The van der Waals surface area contributed by atoms with E-state index in [0.29, 0.717) is 12.2 Å². The molecule has 1 aromatic carbocycles. The summed E-state index contributed by atoms with van der Waals surface area (Å²) in [5.41, 5.74) is 2.03. The highest BCUT2D eigenvalue weighted by atomic mass is 19.1. The number of benzene rings is 1. The summed E-state index contributed by atoms with van der Waals surface area (Å²) in [7, 11) is 0. The van der Waals surface area contributed by atoms with Crippen molar-refractivity contribution in [3.8, 4) is 6.07 Å². The third-order valence-electron chi connectivity index (χ3n) is 4.16. The standard InChI is InChI=1S/C17H20FN/c18-12-11-16-5-3-14(4-6-16)1-2-15-7-9-17(13-19)10-8-15/h7-12,14,16H,1-6H2/t14-,16-. The molecule has 19 heavy (non-hydrogen) atoms. The summed E-state index contributed by atoms with van der Waals surface area (Å²) in [6.45, 7) is 0. The Morgan fingerprint density at radius 1 is 1.16 bits per heavy atom. The van der Waals surface area contributed by atoms with Crippen molar-refractivity contribution in [2.24, 2.45) is 11.8 Å². The van der Waals surface area contributed by atoms with E-state index >= 15 is 0 Å². The number of hydrogen-bond acceptors (Lipinski definition) is 1. The summed E-state index contributed by atoms with van der Waals surface area (Å²) < 4.78 is 12.1. The van der Waals surface area contributed by atoms with E-state index < -0.39 is 0 Å². The lowest BCUT2D eigenvalue weighted by Crippen LogP contribution is -2.13. The van der Waals surface area contributed by atoms with Gasteiger partial charge in [0.2, 0.25) is 0 Å². The molecule has 1 nitrogen and oxygen atoms in total. The molecule has 0 unspecified atom stereocenters. The van der Waals surface area contributed by atoms with Crippen molar-refractivity contribution < 1.29 is 4.39 Å². The summed E-state index contributed by atoms with van der Waals surface area (Å²) in [4.78, 5) is 0. The van der Waals surface area contributed by atoms with E-state index in [0.717, 1.165) is 30.7 Å². The average Bonchev–Trinajstić information content (AvgIpc) is 2.47. The number of hydrogen-bond donors (Lipinski definition) is 0. The smallest absolute Gasteiger partial charge is 0.0991 e. The molecule has 0 amide bonds. The molecule has 0 N–H and O–H groups in total. The van der Waals surface area contributed by atoms with Gasteiger partial charge in [-0.1, -0.05) is 18.2 Å². The van der Waals surface area contributed by atoms with Crippen LogP contribution in [-0.2, 0) is 6.42 Å². The second kappa shape index (κ2) is 7.09. The molecule has 1 fully saturated rings. The highest BCUT2D eigenvalue weighted by molar-refractivity contribution is 5.31. The number of nitriles is 1. The molecule has 1 aromatic rings. The van der Waals surface area contributed by atoms with Gasteiger partial charge in [-0.3, -0.25) is 0 Å². The minimum atomic E-state index is 0.455. The van der Waals surface area contributed by atoms with Crippen LogP contribution in [0.5, 0.6) is 0 Å². The van der Waals surface area contributed by atoms with Crippen molar-refractivity contribution >= 4 is 0 Å². The van der Waals surface area contributed by atoms with E-state index in [1.54, 1.807) is 6.08 Å². The highest BCUT2D eigenvalue weighted by Gasteiger charge is 2.19. The van der Waals surface area contributed by atoms with Crippen LogP contribution in [0.4, 0.5) is 4.39 Å². The first-order chi connectivity index (χ1) is 9.31. The molecule has 0 spiro atoms. The number of aryl methyl sites for hydroxylation is 1. The van der Waals surface area contributed by atoms with Gasteiger partial charge in [0.05, 0.1) is 18.0 Å². The van der Waals surface area contributed by atoms with Crippen LogP contribution in [0.1, 0.15) is 43.2 Å². The van der Waals surface area contributed by atoms with Crippen LogP contribution in [0.25, 0.3) is 0 Å². The van der Waals surface area contributed by atoms with Gasteiger partial charge in [0.1, 0.15) is 0 Å². The maximum atomic E-state index is 12.1. The Hall–Kier alpha value is -1.62. The van der Waals surface area contributed by atoms with E-state index in [4.69, 9.17) is 5.26 Å². The zero-order valence-electron chi connectivity index (χ0n) is 11.2. The minimum Gasteiger partial charge on any atom is -0.216 e. The second-order valence-electron chi connectivity index (χ2n) is 5.45. The monoisotopic (exact) mass is 257 g/mol. The molecule has 1 aliphatic rings. The van der Waals surface area contributed by atoms with Crippen molar-refractivity contribution in [1.29, 1.82) is 5.26 Å². The number of rotatable bonds is 4. The molecular formula is C17H20FN. The lowest BCUT2D eigenvalue weighted by atomic mass is 9.79. The Labute approximate surface area is 114 Å². The van der Waals surface area contributed by atoms with Gasteiger partial charge in [-0.2, -0.15) is 5.26 Å². The molecule has 0 heterocycles. The fourth-order valence-corrected chi connectivity index (χ4v) is 2.89. The van der Waals surface area contributed by atoms with E-state index in [1.807, 2.05) is 12.1 Å². The van der Waals surface area contributed by atoms with Crippen LogP contribution < -0.4 is 0 Å². The first kappa shape index (κ1) is 13.8. The van der Waals surface area contributed by atoms with E-state index in [9.17, 15) is 4.39 Å². The van der Waals surface area contributed by atoms with Crippen LogP contribution in [-0.4, -0.2) is 0 Å². The van der Waals surface area contributed by atoms with Crippen LogP contribution in [0.2, 0.25) is 0 Å². The van der Waals surface area contributed by atoms with Crippen molar-refractivity contribution in [3.63, 3.8) is 0 Å². The molecule has 0 aromatic heterocycles. The Morgan fingerprint density at radius 2 is 1.84 bits per heavy atom. The van der Waals surface area contributed by atoms with Crippen molar-refractivity contribution in [2.75, 3.05) is 0 Å². The SMILES string of the molecule is N#Cc1ccc(CC[C@H]2CC[C@H](C=CF)CC2)cc1. The molecular weight excluding hydrogens is 237 g/mol. The van der Waals surface area contributed by atoms with Crippen LogP contribution in [0, 0.1) is 23.2 Å². The van der Waals surface area contributed by atoms with Crippen LogP contribution in [0.15, 0.2) is 36.7 Å². The molecule has 0 aliphatic heterocycles. The maximum absolute atomic E-state index is 12.1. The molecule has 0 radical (unpaired) electrons. The first-order valence-electron chi connectivity index (χ1n) is 7.07. The zero-order chi connectivity index (χ0) is 13.5. The number of nitrogens with zero attached hydrogens (tertiary/aromatic N) is 1. The van der Waals surface area contributed by atoms with Gasteiger partial charge in [-0.25, -0.2) is 4.39 Å². The Kier molecular flexibility index (Phi) is 5.15. The van der Waals surface area contributed by atoms with Gasteiger partial charge in [-0.05, 0) is 68.1 Å². The predicted molar refractivity (Wildman–Crippen MR) is 75.2 cm³/mol. The van der Waals surface area contributed by atoms with E-state index in [-0.39, 0.29) is 0 Å². The van der Waals surface area contributed by atoms with Gasteiger partial charge in [0.25, 0.3) is 0 Å². The third-order valence-corrected chi connectivity index (χ3v) is 4.16. The van der Waals surface area contributed by atoms with Gasteiger partial charge >= 0.3 is 0 Å². The van der Waals surface area contributed by atoms with E-state index in [1.165, 1.54) is 24.8 Å². The average molecular weight is 257 g/mol. The van der Waals surface area contributed by atoms with Gasteiger partial charge in [0.15, 0.2) is 0 Å². The predicted octanol–water partition coefficient (Wildman–Crippen LogP) is 4.78. The number of halogens is 1. The van der Waals surface area contributed by atoms with Gasteiger partial charge < -0.3 is 0 Å². The van der Waals surface area contributed by atoms with Gasteiger partial charge in [-0.15, -0.1) is 0 Å². The molecule has 2 heteroatoms. The lowest BCUT2D eigenvalue weighted by Gasteiger charge is -2.26. The fourth-order valence-electron chi connectivity index (χ4n) is 2.89. The zero-order valence-corrected chi connectivity index (χ0v) is 11.2. The molecule has 1 saturated carbocycles. The fraction of sp³-hybridized carbons (Fsp3) is 0.471. The van der Waals surface area contributed by atoms with Crippen molar-refractivity contribution in [2.45, 2.75) is 38.5 Å². The summed E-state index contributed by atoms with van der Waals surface area (Å²) in [5, 5.41) is 8.75. The van der Waals surface area contributed by atoms with Crippen LogP contribution in [0.3, 0.4) is 0 Å². The second-order valence-corrected chi connectivity index (χ2v) is 5.45. The molecule has 1 aliphatic carbocycles. The first-order valence-corrected chi connectivity index (χ1v) is 7.07. The van der Waals surface area contributed by atoms with E-state index in [2.05, 4.69) is 18.2 Å². The minimum absolute atomic E-state index is 0.455. The Balaban J connectivity index is 1.75. The lowest BCUT2D eigenvalue weighted by molar-refractivity contribution is 0.295. The van der Waals surface area contributed by atoms with Crippen molar-refractivity contribution in [1.82, 2.24) is 0 Å². The summed E-state index contributed by atoms with van der Waals surface area (Å²) >= 11 is 0. The van der Waals surface area contributed by atoms with Crippen LogP contribution >= 0.6 is 0 Å². The molecule has 0 atom stereocenters. The third kappa shape index (κ3) is 4.21. The maximum Gasteiger partial charge on any atom is 0.0991 e. The summed E-state index contributed by atoms with van der Waals surface area (Å²) in [6.07, 6.45) is 9.37. The molecule has 100 valence electrons. The topological polar surface area (TPSA) is 23.8 Å². The molecule has 0 bridgehead atoms.